The predicted molar refractivity (Wildman–Crippen MR) is 146 cm³/mol. The number of hydrogen-bond acceptors (Lipinski definition) is 5. The molecule has 2 heterocycles. The molecule has 0 radical (unpaired) electrons. The number of piperazine rings is 1. The highest BCUT2D eigenvalue weighted by atomic mass is 19.4. The first kappa shape index (κ1) is 28.5. The largest absolute Gasteiger partial charge is 0.416 e. The molecule has 2 aromatic carbocycles. The third-order valence-electron chi connectivity index (χ3n) is 6.30. The maximum absolute atomic E-state index is 13.7. The lowest BCUT2D eigenvalue weighted by atomic mass is 10.0. The van der Waals surface area contributed by atoms with Gasteiger partial charge in [-0.25, -0.2) is 4.99 Å². The van der Waals surface area contributed by atoms with Crippen LogP contribution in [0.25, 0.3) is 5.70 Å². The van der Waals surface area contributed by atoms with Gasteiger partial charge in [0.25, 0.3) is 0 Å². The molecule has 5 nitrogen and oxygen atoms in total. The Hall–Kier alpha value is -3.10. The second kappa shape index (κ2) is 13.4. The van der Waals surface area contributed by atoms with Crippen LogP contribution in [0.2, 0.25) is 0 Å². The molecular weight excluding hydrogens is 475 g/mol. The van der Waals surface area contributed by atoms with Crippen molar-refractivity contribution in [2.75, 3.05) is 19.6 Å². The molecule has 2 aliphatic rings. The summed E-state index contributed by atoms with van der Waals surface area (Å²) in [7, 11) is 0. The minimum absolute atomic E-state index is 0.0664. The Morgan fingerprint density at radius 1 is 1.05 bits per heavy atom. The van der Waals surface area contributed by atoms with Crippen LogP contribution in [0, 0.1) is 6.92 Å². The van der Waals surface area contributed by atoms with Gasteiger partial charge in [0.15, 0.2) is 0 Å². The lowest BCUT2D eigenvalue weighted by Crippen LogP contribution is -2.52. The number of benzene rings is 2. The lowest BCUT2D eigenvalue weighted by Gasteiger charge is -2.33. The average molecular weight is 514 g/mol. The number of nitrogens with zero attached hydrogens (tertiary/aromatic N) is 1. The fourth-order valence-electron chi connectivity index (χ4n) is 4.33. The SMILES string of the molecule is C=C(NC1=NC(c2ccccc2C(F)(F)F)NC(C2CNCCN2)=C1)c1ccccc1C.CCCCC. The van der Waals surface area contributed by atoms with Crippen molar-refractivity contribution in [2.24, 2.45) is 4.99 Å². The molecule has 2 unspecified atom stereocenters. The maximum atomic E-state index is 13.7. The molecule has 0 saturated carbocycles. The third-order valence-corrected chi connectivity index (χ3v) is 6.30. The Kier molecular flexibility index (Phi) is 10.3. The summed E-state index contributed by atoms with van der Waals surface area (Å²) in [6.45, 7) is 12.8. The first-order valence-electron chi connectivity index (χ1n) is 12.9. The van der Waals surface area contributed by atoms with Gasteiger partial charge in [0, 0.05) is 48.2 Å². The average Bonchev–Trinajstić information content (AvgIpc) is 2.89. The maximum Gasteiger partial charge on any atom is 0.416 e. The van der Waals surface area contributed by atoms with Crippen molar-refractivity contribution in [1.29, 1.82) is 0 Å². The molecule has 2 aliphatic heterocycles. The Labute approximate surface area is 218 Å². The van der Waals surface area contributed by atoms with Crippen LogP contribution in [0.1, 0.15) is 61.5 Å². The van der Waals surface area contributed by atoms with E-state index in [1.54, 1.807) is 6.07 Å². The van der Waals surface area contributed by atoms with Gasteiger partial charge in [0.1, 0.15) is 12.0 Å². The zero-order valence-corrected chi connectivity index (χ0v) is 21.9. The number of alkyl halides is 3. The highest BCUT2D eigenvalue weighted by Gasteiger charge is 2.36. The van der Waals surface area contributed by atoms with Crippen molar-refractivity contribution in [3.05, 3.63) is 89.1 Å². The van der Waals surface area contributed by atoms with Gasteiger partial charge in [-0.1, -0.05) is 82.2 Å². The molecule has 1 saturated heterocycles. The standard InChI is InChI=1S/C24H26F3N5.C5H12/c1-15-7-3-4-8-17(15)16(2)30-22-13-20(21-14-28-11-12-29-21)31-23(32-22)18-9-5-6-10-19(18)24(25,26)27;1-3-5-4-2/h3-10,13,21,23,28-29,31H,2,11-12,14H2,1H3,(H,30,32);3-5H2,1-2H3. The Morgan fingerprint density at radius 3 is 2.38 bits per heavy atom. The molecule has 4 rings (SSSR count). The van der Waals surface area contributed by atoms with Crippen LogP contribution in [-0.2, 0) is 6.18 Å². The molecule has 37 heavy (non-hydrogen) atoms. The van der Waals surface area contributed by atoms with Crippen LogP contribution < -0.4 is 21.3 Å². The number of rotatable bonds is 6. The minimum atomic E-state index is -4.47. The monoisotopic (exact) mass is 513 g/mol. The molecular formula is C29H38F3N5. The third kappa shape index (κ3) is 7.94. The number of unbranched alkanes of at least 4 members (excludes halogenated alkanes) is 2. The van der Waals surface area contributed by atoms with Crippen molar-refractivity contribution in [3.8, 4) is 0 Å². The summed E-state index contributed by atoms with van der Waals surface area (Å²) in [5.41, 5.74) is 2.75. The molecule has 0 aromatic heterocycles. The van der Waals surface area contributed by atoms with Gasteiger partial charge in [0.05, 0.1) is 11.6 Å². The second-order valence-electron chi connectivity index (χ2n) is 9.23. The van der Waals surface area contributed by atoms with Crippen molar-refractivity contribution in [2.45, 2.75) is 58.4 Å². The summed E-state index contributed by atoms with van der Waals surface area (Å²) in [4.78, 5) is 4.58. The van der Waals surface area contributed by atoms with Gasteiger partial charge in [-0.05, 0) is 18.6 Å². The van der Waals surface area contributed by atoms with Gasteiger partial charge in [-0.3, -0.25) is 0 Å². The van der Waals surface area contributed by atoms with E-state index in [0.29, 0.717) is 18.1 Å². The van der Waals surface area contributed by atoms with E-state index < -0.39 is 17.9 Å². The minimum Gasteiger partial charge on any atom is -0.362 e. The van der Waals surface area contributed by atoms with E-state index in [1.165, 1.54) is 31.4 Å². The van der Waals surface area contributed by atoms with Crippen LogP contribution in [0.4, 0.5) is 13.2 Å². The van der Waals surface area contributed by atoms with E-state index in [0.717, 1.165) is 36.0 Å². The molecule has 8 heteroatoms. The summed E-state index contributed by atoms with van der Waals surface area (Å²) < 4.78 is 41.1. The number of nitrogens with one attached hydrogen (secondary N) is 4. The van der Waals surface area contributed by atoms with Crippen LogP contribution in [-0.4, -0.2) is 31.5 Å². The molecule has 2 aromatic rings. The Morgan fingerprint density at radius 2 is 1.76 bits per heavy atom. The Balaban J connectivity index is 0.000000695. The van der Waals surface area contributed by atoms with Crippen molar-refractivity contribution in [3.63, 3.8) is 0 Å². The van der Waals surface area contributed by atoms with Gasteiger partial charge < -0.3 is 21.3 Å². The van der Waals surface area contributed by atoms with Crippen LogP contribution in [0.5, 0.6) is 0 Å². The van der Waals surface area contributed by atoms with Gasteiger partial charge >= 0.3 is 6.18 Å². The van der Waals surface area contributed by atoms with Gasteiger partial charge in [-0.15, -0.1) is 0 Å². The van der Waals surface area contributed by atoms with E-state index in [-0.39, 0.29) is 11.6 Å². The van der Waals surface area contributed by atoms with Crippen LogP contribution >= 0.6 is 0 Å². The van der Waals surface area contributed by atoms with E-state index in [2.05, 4.69) is 46.7 Å². The molecule has 2 atom stereocenters. The van der Waals surface area contributed by atoms with Gasteiger partial charge in [-0.2, -0.15) is 13.2 Å². The van der Waals surface area contributed by atoms with Crippen LogP contribution in [0.15, 0.2) is 71.9 Å². The van der Waals surface area contributed by atoms with E-state index in [9.17, 15) is 13.2 Å². The predicted octanol–water partition coefficient (Wildman–Crippen LogP) is 5.92. The highest BCUT2D eigenvalue weighted by molar-refractivity contribution is 6.00. The molecule has 1 fully saturated rings. The first-order chi connectivity index (χ1) is 17.7. The quantitative estimate of drug-likeness (QED) is 0.388. The zero-order valence-electron chi connectivity index (χ0n) is 21.9. The summed E-state index contributed by atoms with van der Waals surface area (Å²) in [6.07, 6.45) is 0.551. The number of aliphatic imine (C=N–C) groups is 1. The van der Waals surface area contributed by atoms with Crippen molar-refractivity contribution < 1.29 is 13.2 Å². The molecule has 0 amide bonds. The fraction of sp³-hybridized carbons (Fsp3) is 0.414. The zero-order chi connectivity index (χ0) is 26.8. The van der Waals surface area contributed by atoms with E-state index in [4.69, 9.17) is 0 Å². The molecule has 0 bridgehead atoms. The molecule has 0 aliphatic carbocycles. The normalized spacial score (nSPS) is 19.5. The first-order valence-corrected chi connectivity index (χ1v) is 12.9. The van der Waals surface area contributed by atoms with Crippen molar-refractivity contribution in [1.82, 2.24) is 21.3 Å². The van der Waals surface area contributed by atoms with E-state index >= 15 is 0 Å². The number of halogens is 3. The summed E-state index contributed by atoms with van der Waals surface area (Å²) >= 11 is 0. The Bertz CT molecular complexity index is 1100. The molecule has 0 spiro atoms. The number of aryl methyl sites for hydroxylation is 1. The summed E-state index contributed by atoms with van der Waals surface area (Å²) in [5.74, 6) is 0.460. The summed E-state index contributed by atoms with van der Waals surface area (Å²) in [5, 5.41) is 13.1. The van der Waals surface area contributed by atoms with Gasteiger partial charge in [0.2, 0.25) is 0 Å². The number of hydrogen-bond donors (Lipinski definition) is 4. The molecule has 4 N–H and O–H groups in total. The fourth-order valence-corrected chi connectivity index (χ4v) is 4.33. The highest BCUT2D eigenvalue weighted by Crippen LogP contribution is 2.36. The molecule has 200 valence electrons. The second-order valence-corrected chi connectivity index (χ2v) is 9.23. The van der Waals surface area contributed by atoms with Crippen molar-refractivity contribution >= 4 is 11.5 Å². The lowest BCUT2D eigenvalue weighted by molar-refractivity contribution is -0.138. The van der Waals surface area contributed by atoms with Crippen LogP contribution in [0.3, 0.4) is 0 Å². The number of amidine groups is 1. The topological polar surface area (TPSA) is 60.5 Å². The van der Waals surface area contributed by atoms with E-state index in [1.807, 2.05) is 37.3 Å². The summed E-state index contributed by atoms with van der Waals surface area (Å²) in [6, 6.07) is 13.3. The smallest absolute Gasteiger partial charge is 0.362 e.